The fourth-order valence-corrected chi connectivity index (χ4v) is 31.6. The predicted octanol–water partition coefficient (Wildman–Crippen LogP) is 35.9. The lowest BCUT2D eigenvalue weighted by molar-refractivity contribution is 1.19. The lowest BCUT2D eigenvalue weighted by atomic mass is 9.92. The quantitative estimate of drug-likeness (QED) is 0.163. The van der Waals surface area contributed by atoms with Crippen LogP contribution in [-0.2, 0) is 0 Å². The van der Waals surface area contributed by atoms with Gasteiger partial charge in [0.05, 0.1) is 57.6 Å². The van der Waals surface area contributed by atoms with Crippen molar-refractivity contribution in [3.05, 3.63) is 383 Å². The van der Waals surface area contributed by atoms with Gasteiger partial charge in [-0.15, -0.1) is 79.4 Å². The molecular formula is C120H63N9S7. The van der Waals surface area contributed by atoms with Crippen LogP contribution in [0.5, 0.6) is 0 Å². The van der Waals surface area contributed by atoms with Crippen LogP contribution in [0.3, 0.4) is 0 Å². The van der Waals surface area contributed by atoms with Crippen molar-refractivity contribution < 1.29 is 0 Å². The summed E-state index contributed by atoms with van der Waals surface area (Å²) in [6, 6.07) is 127. The molecule has 9 nitrogen and oxygen atoms in total. The molecule has 0 amide bonds. The van der Waals surface area contributed by atoms with Crippen molar-refractivity contribution >= 4 is 351 Å². The molecule has 0 fully saturated rings. The average molecular weight is 1860 g/mol. The second-order valence-electron chi connectivity index (χ2n) is 35.3. The molecule has 136 heavy (non-hydrogen) atoms. The van der Waals surface area contributed by atoms with Crippen LogP contribution in [0.15, 0.2) is 383 Å². The minimum absolute atomic E-state index is 1.02. The van der Waals surface area contributed by atoms with Gasteiger partial charge < -0.3 is 13.7 Å². The molecule has 0 radical (unpaired) electrons. The van der Waals surface area contributed by atoms with Gasteiger partial charge in [0.15, 0.2) is 0 Å². The van der Waals surface area contributed by atoms with Crippen LogP contribution in [0.2, 0.25) is 0 Å². The first kappa shape index (κ1) is 75.7. The smallest absolute Gasteiger partial charge is 0.127 e. The topological polar surface area (TPSA) is 92.1 Å². The van der Waals surface area contributed by atoms with E-state index in [1.165, 1.54) is 258 Å². The summed E-state index contributed by atoms with van der Waals surface area (Å²) in [6.07, 6.45) is 11.0. The highest BCUT2D eigenvalue weighted by molar-refractivity contribution is 7.32. The van der Waals surface area contributed by atoms with E-state index in [9.17, 15) is 0 Å². The molecule has 0 atom stereocenters. The molecule has 33 aromatic rings. The standard InChI is InChI=1S/C46H25N3S2.C40H21N3S2.C34H17N3S3/c1-2-14-31-29(12-1)30-13-3-4-15-32(30)36-23-27(20-21-33(31)36)26-10-9-11-28(22-26)49-38-18-7-5-16-34(38)40-41-35-17-6-8-19-39(35)50-44(41)42-37-24-47-25-48-46(37)51-45(42)43(40)49;1-2-11-25-23(9-1)24-10-3-4-12-26(24)30-19-22(17-18-27(25)30)43-32-15-7-5-13-28(32)34-35-29-14-6-8-16-33(29)44-38(35)36-31-20-41-21-42-40(31)45-39(36)37(34)43;1-4-12-23-20(9-1)27-28-21-10-3-6-15-26(21)39-32(28)29-22-16-35-17-36-34(22)40-33(29)30(27)37(23)24-13-7-11-19-18-8-2-5-14-25(18)38-31(19)24/h1-25H;1-21H;1-17H. The zero-order valence-electron chi connectivity index (χ0n) is 71.8. The second-order valence-corrected chi connectivity index (χ2v) is 42.5. The number of aromatic nitrogens is 9. The molecule has 20 aromatic carbocycles. The zero-order valence-corrected chi connectivity index (χ0v) is 77.5. The van der Waals surface area contributed by atoms with Crippen LogP contribution < -0.4 is 0 Å². The average Bonchev–Trinajstić information content (AvgIpc) is 1.53. The van der Waals surface area contributed by atoms with Crippen LogP contribution in [0.1, 0.15) is 0 Å². The molecule has 0 N–H and O–H groups in total. The predicted molar refractivity (Wildman–Crippen MR) is 590 cm³/mol. The maximum absolute atomic E-state index is 4.76. The van der Waals surface area contributed by atoms with Gasteiger partial charge in [0, 0.05) is 171 Å². The van der Waals surface area contributed by atoms with E-state index >= 15 is 0 Å². The van der Waals surface area contributed by atoms with E-state index in [4.69, 9.17) is 15.0 Å². The molecule has 16 heteroatoms. The van der Waals surface area contributed by atoms with Gasteiger partial charge >= 0.3 is 0 Å². The number of para-hydroxylation sites is 3. The largest absolute Gasteiger partial charge is 0.308 e. The number of hydrogen-bond donors (Lipinski definition) is 0. The molecule has 0 saturated heterocycles. The Bertz CT molecular complexity index is 11100. The Labute approximate surface area is 799 Å². The van der Waals surface area contributed by atoms with Gasteiger partial charge in [0.2, 0.25) is 0 Å². The molecule has 0 saturated carbocycles. The van der Waals surface area contributed by atoms with Gasteiger partial charge in [0.25, 0.3) is 0 Å². The van der Waals surface area contributed by atoms with E-state index in [0.717, 1.165) is 42.0 Å². The Kier molecular flexibility index (Phi) is 16.0. The molecule has 0 bridgehead atoms. The molecule has 0 aliphatic carbocycles. The van der Waals surface area contributed by atoms with Crippen molar-refractivity contribution in [2.75, 3.05) is 0 Å². The Hall–Kier alpha value is -15.9. The van der Waals surface area contributed by atoms with Gasteiger partial charge in [0.1, 0.15) is 33.5 Å². The van der Waals surface area contributed by atoms with Gasteiger partial charge in [-0.1, -0.05) is 267 Å². The third-order valence-corrected chi connectivity index (χ3v) is 36.5. The molecule has 0 unspecified atom stereocenters. The molecule has 33 rings (SSSR count). The van der Waals surface area contributed by atoms with Gasteiger partial charge in [-0.2, -0.15) is 0 Å². The zero-order chi connectivity index (χ0) is 88.4. The summed E-state index contributed by atoms with van der Waals surface area (Å²) in [6.45, 7) is 0. The van der Waals surface area contributed by atoms with Gasteiger partial charge in [-0.3, -0.25) is 0 Å². The summed E-state index contributed by atoms with van der Waals surface area (Å²) in [5, 5.41) is 40.9. The first-order chi connectivity index (χ1) is 67.5. The van der Waals surface area contributed by atoms with Crippen molar-refractivity contribution in [3.63, 3.8) is 0 Å². The van der Waals surface area contributed by atoms with Crippen molar-refractivity contribution in [2.24, 2.45) is 0 Å². The Morgan fingerprint density at radius 1 is 0.176 bits per heavy atom. The van der Waals surface area contributed by atoms with Crippen molar-refractivity contribution in [2.45, 2.75) is 0 Å². The molecule has 0 spiro atoms. The van der Waals surface area contributed by atoms with Crippen LogP contribution in [0, 0.1) is 0 Å². The Morgan fingerprint density at radius 2 is 0.485 bits per heavy atom. The van der Waals surface area contributed by atoms with E-state index in [1.54, 1.807) is 53.0 Å². The minimum Gasteiger partial charge on any atom is -0.308 e. The number of thiophene rings is 7. The molecule has 13 aromatic heterocycles. The third kappa shape index (κ3) is 10.5. The minimum atomic E-state index is 1.02. The van der Waals surface area contributed by atoms with E-state index in [0.29, 0.717) is 0 Å². The highest BCUT2D eigenvalue weighted by Crippen LogP contribution is 2.58. The fraction of sp³-hybridized carbons (Fsp3) is 0. The van der Waals surface area contributed by atoms with Gasteiger partial charge in [-0.05, 0) is 155 Å². The van der Waals surface area contributed by atoms with Gasteiger partial charge in [-0.25, -0.2) is 29.9 Å². The fourth-order valence-electron chi connectivity index (χ4n) is 22.9. The Morgan fingerprint density at radius 3 is 0.919 bits per heavy atom. The van der Waals surface area contributed by atoms with Crippen molar-refractivity contribution in [3.8, 4) is 28.2 Å². The maximum Gasteiger partial charge on any atom is 0.127 e. The SMILES string of the molecule is c1cc(-c2ccc3c4ccccc4c4ccccc4c3c2)cc(-n2c3ccccc3c3c4c5ccccc5sc4c4c5cncnc5sc4c32)c1.c1ccc2c(c1)sc1c(-n3c4ccccc4c4c5c6ccccc6sc5c5c6cncnc6sc5c43)cccc12.c1ccc2c(c1)sc1c3c4cncnc4sc3c3c(c4ccccc4n3-c3ccc4c5ccccc5c5ccccc5c4c3)c21. The summed E-state index contributed by atoms with van der Waals surface area (Å²) < 4.78 is 21.8. The molecule has 13 heterocycles. The summed E-state index contributed by atoms with van der Waals surface area (Å²) in [5.74, 6) is 0. The van der Waals surface area contributed by atoms with E-state index < -0.39 is 0 Å². The molecule has 0 aliphatic rings. The summed E-state index contributed by atoms with van der Waals surface area (Å²) in [7, 11) is 0. The van der Waals surface area contributed by atoms with Crippen molar-refractivity contribution in [1.29, 1.82) is 0 Å². The summed E-state index contributed by atoms with van der Waals surface area (Å²) in [4.78, 5) is 30.8. The maximum atomic E-state index is 4.76. The number of rotatable bonds is 4. The monoisotopic (exact) mass is 1850 g/mol. The number of fused-ring (bicyclic) bond motifs is 51. The third-order valence-electron chi connectivity index (χ3n) is 28.4. The van der Waals surface area contributed by atoms with Crippen LogP contribution >= 0.6 is 79.4 Å². The lowest BCUT2D eigenvalue weighted by Gasteiger charge is -2.14. The van der Waals surface area contributed by atoms with E-state index in [2.05, 4.69) is 374 Å². The van der Waals surface area contributed by atoms with Crippen LogP contribution in [-0.4, -0.2) is 43.6 Å². The highest BCUT2D eigenvalue weighted by atomic mass is 32.1. The normalized spacial score (nSPS) is 12.4. The van der Waals surface area contributed by atoms with E-state index in [1.807, 2.05) is 63.9 Å². The first-order valence-electron chi connectivity index (χ1n) is 45.4. The van der Waals surface area contributed by atoms with Crippen LogP contribution in [0.25, 0.3) is 300 Å². The second kappa shape index (κ2) is 28.8. The molecular weight excluding hydrogens is 1790 g/mol. The Balaban J connectivity index is 0.0000000957. The lowest BCUT2D eigenvalue weighted by Crippen LogP contribution is -1.95. The first-order valence-corrected chi connectivity index (χ1v) is 51.1. The van der Waals surface area contributed by atoms with Crippen LogP contribution in [0.4, 0.5) is 0 Å². The molecule has 0 aliphatic heterocycles. The summed E-state index contributed by atoms with van der Waals surface area (Å²) in [5.41, 5.74) is 13.3. The summed E-state index contributed by atoms with van der Waals surface area (Å²) >= 11 is 12.9. The van der Waals surface area contributed by atoms with Crippen molar-refractivity contribution in [1.82, 2.24) is 43.6 Å². The molecule has 630 valence electrons. The number of benzene rings is 20. The number of hydrogen-bond acceptors (Lipinski definition) is 13. The van der Waals surface area contributed by atoms with E-state index in [-0.39, 0.29) is 0 Å². The highest BCUT2D eigenvalue weighted by Gasteiger charge is 2.31. The number of nitrogens with zero attached hydrogens (tertiary/aromatic N) is 9.